The van der Waals surface area contributed by atoms with E-state index in [1.54, 1.807) is 60.7 Å². The van der Waals surface area contributed by atoms with E-state index in [-0.39, 0.29) is 16.6 Å². The number of ketones is 1. The second kappa shape index (κ2) is 13.2. The van der Waals surface area contributed by atoms with E-state index < -0.39 is 10.0 Å². The fourth-order valence-electron chi connectivity index (χ4n) is 7.45. The molecule has 1 aromatic heterocycles. The summed E-state index contributed by atoms with van der Waals surface area (Å²) in [6.07, 6.45) is 2.09. The van der Waals surface area contributed by atoms with Gasteiger partial charge >= 0.3 is 0 Å². The molecule has 1 heterocycles. The van der Waals surface area contributed by atoms with E-state index in [9.17, 15) is 18.5 Å². The lowest BCUT2D eigenvalue weighted by Gasteiger charge is -2.33. The normalized spacial score (nSPS) is 12.6. The summed E-state index contributed by atoms with van der Waals surface area (Å²) in [4.78, 5) is 14.5. The molecular formula is C43H39N5O4S. The summed E-state index contributed by atoms with van der Waals surface area (Å²) in [5.74, 6) is 0.738. The van der Waals surface area contributed by atoms with E-state index in [2.05, 4.69) is 62.9 Å². The van der Waals surface area contributed by atoms with E-state index >= 15 is 0 Å². The predicted molar refractivity (Wildman–Crippen MR) is 210 cm³/mol. The highest BCUT2D eigenvalue weighted by Crippen LogP contribution is 2.50. The second-order valence-corrected chi connectivity index (χ2v) is 17.0. The Hall–Kier alpha value is -6.05. The summed E-state index contributed by atoms with van der Waals surface area (Å²) in [7, 11) is -3.65. The number of nitriles is 1. The number of hydrogen-bond donors (Lipinski definition) is 2. The molecule has 2 N–H and O–H groups in total. The molecule has 1 aliphatic carbocycles. The van der Waals surface area contributed by atoms with E-state index in [1.165, 1.54) is 5.56 Å². The molecule has 0 spiro atoms. The molecule has 6 aromatic rings. The summed E-state index contributed by atoms with van der Waals surface area (Å²) in [6.45, 7) is 11.2. The first-order valence-corrected chi connectivity index (χ1v) is 19.2. The summed E-state index contributed by atoms with van der Waals surface area (Å²) in [6, 6.07) is 33.2. The van der Waals surface area contributed by atoms with Crippen molar-refractivity contribution in [3.05, 3.63) is 125 Å². The van der Waals surface area contributed by atoms with Crippen LogP contribution in [0.4, 0.5) is 17.1 Å². The predicted octanol–water partition coefficient (Wildman–Crippen LogP) is 10.0. The monoisotopic (exact) mass is 721 g/mol. The van der Waals surface area contributed by atoms with Gasteiger partial charge in [0.2, 0.25) is 10.0 Å². The minimum absolute atomic E-state index is 0.0624. The molecule has 0 bridgehead atoms. The number of carbonyl (C=O) groups is 1. The number of hydrogen-bond acceptors (Lipinski definition) is 8. The van der Waals surface area contributed by atoms with Gasteiger partial charge in [0.05, 0.1) is 34.8 Å². The lowest BCUT2D eigenvalue weighted by atomic mass is 9.72. The molecule has 7 rings (SSSR count). The lowest BCUT2D eigenvalue weighted by Crippen LogP contribution is -2.24. The van der Waals surface area contributed by atoms with Crippen molar-refractivity contribution in [1.82, 2.24) is 10.2 Å². The Balaban J connectivity index is 1.47. The lowest BCUT2D eigenvalue weighted by molar-refractivity contribution is 0.104. The van der Waals surface area contributed by atoms with Gasteiger partial charge in [-0.2, -0.15) is 5.26 Å². The molecule has 0 fully saturated rings. The summed E-state index contributed by atoms with van der Waals surface area (Å²) in [5.41, 5.74) is 6.61. The van der Waals surface area contributed by atoms with Crippen LogP contribution in [0.2, 0.25) is 0 Å². The van der Waals surface area contributed by atoms with E-state index in [1.807, 2.05) is 30.3 Å². The maximum Gasteiger partial charge on any atom is 0.229 e. The van der Waals surface area contributed by atoms with Gasteiger partial charge in [-0.05, 0) is 70.8 Å². The Morgan fingerprint density at radius 2 is 1.42 bits per heavy atom. The van der Waals surface area contributed by atoms with Crippen LogP contribution in [0, 0.1) is 16.7 Å². The molecule has 53 heavy (non-hydrogen) atoms. The number of anilines is 3. The molecule has 0 amide bonds. The minimum Gasteiger partial charge on any atom is -0.455 e. The standard InChI is InChI=1S/C43H39N5O4S/c1-42(2,3)25-43(4,5)27-17-21-29(22-18-27)52-35-23-34(45-28-19-15-26(24-44)16-20-28)37-38-36(30-11-7-8-12-31(30)41(37)49)39(46-47-40(35)38)32-13-9-10-14-33(32)48-53(6,50)51/h7-23,45,48H,25H2,1-6H3. The third-order valence-corrected chi connectivity index (χ3v) is 9.87. The first kappa shape index (κ1) is 35.4. The molecule has 5 aromatic carbocycles. The van der Waals surface area contributed by atoms with Crippen molar-refractivity contribution in [2.75, 3.05) is 16.3 Å². The van der Waals surface area contributed by atoms with E-state index in [0.717, 1.165) is 12.7 Å². The summed E-state index contributed by atoms with van der Waals surface area (Å²) < 4.78 is 34.1. The van der Waals surface area contributed by atoms with Crippen LogP contribution in [-0.2, 0) is 15.4 Å². The number of nitrogens with one attached hydrogen (secondary N) is 2. The fourth-order valence-corrected chi connectivity index (χ4v) is 8.02. The molecule has 0 radical (unpaired) electrons. The number of rotatable bonds is 9. The van der Waals surface area contributed by atoms with Crippen LogP contribution in [0.3, 0.4) is 0 Å². The van der Waals surface area contributed by atoms with Crippen molar-refractivity contribution >= 4 is 43.8 Å². The van der Waals surface area contributed by atoms with Gasteiger partial charge in [0.25, 0.3) is 0 Å². The summed E-state index contributed by atoms with van der Waals surface area (Å²) >= 11 is 0. The SMILES string of the molecule is CC(C)(C)CC(C)(C)c1ccc(Oc2cc(Nc3ccc(C#N)cc3)c3c4c(c(-c5ccccc5NS(C)(=O)=O)nnc24)-c2ccccc2C3=O)cc1. The van der Waals surface area contributed by atoms with Crippen molar-refractivity contribution < 1.29 is 17.9 Å². The molecule has 1 aliphatic rings. The van der Waals surface area contributed by atoms with Crippen LogP contribution in [0.25, 0.3) is 33.3 Å². The average molecular weight is 722 g/mol. The maximum absolute atomic E-state index is 14.5. The van der Waals surface area contributed by atoms with Gasteiger partial charge in [-0.1, -0.05) is 89.2 Å². The highest BCUT2D eigenvalue weighted by molar-refractivity contribution is 7.92. The second-order valence-electron chi connectivity index (χ2n) is 15.3. The third-order valence-electron chi connectivity index (χ3n) is 9.28. The van der Waals surface area contributed by atoms with Gasteiger partial charge in [0.15, 0.2) is 11.5 Å². The van der Waals surface area contributed by atoms with Gasteiger partial charge in [0.1, 0.15) is 17.0 Å². The number of fused-ring (bicyclic) bond motifs is 2. The van der Waals surface area contributed by atoms with Gasteiger partial charge in [-0.15, -0.1) is 10.2 Å². The van der Waals surface area contributed by atoms with Gasteiger partial charge in [-0.25, -0.2) is 8.42 Å². The van der Waals surface area contributed by atoms with Gasteiger partial charge < -0.3 is 10.1 Å². The van der Waals surface area contributed by atoms with Crippen molar-refractivity contribution in [1.29, 1.82) is 5.26 Å². The van der Waals surface area contributed by atoms with Crippen LogP contribution in [-0.4, -0.2) is 30.7 Å². The van der Waals surface area contributed by atoms with Gasteiger partial charge in [0, 0.05) is 33.8 Å². The Morgan fingerprint density at radius 1 is 0.774 bits per heavy atom. The zero-order chi connectivity index (χ0) is 37.7. The smallest absolute Gasteiger partial charge is 0.229 e. The number of sulfonamides is 1. The maximum atomic E-state index is 14.5. The quantitative estimate of drug-likeness (QED) is 0.150. The number of benzene rings is 5. The Kier molecular flexibility index (Phi) is 8.79. The molecule has 266 valence electrons. The fraction of sp³-hybridized carbons (Fsp3) is 0.209. The van der Waals surface area contributed by atoms with E-state index in [0.29, 0.717) is 78.5 Å². The number of ether oxygens (including phenoxy) is 1. The van der Waals surface area contributed by atoms with Gasteiger partial charge in [-0.3, -0.25) is 9.52 Å². The number of nitrogens with zero attached hydrogens (tertiary/aromatic N) is 3. The van der Waals surface area contributed by atoms with Crippen LogP contribution in [0.15, 0.2) is 103 Å². The topological polar surface area (TPSA) is 134 Å². The average Bonchev–Trinajstić information content (AvgIpc) is 3.10. The third kappa shape index (κ3) is 7.08. The molecule has 9 nitrogen and oxygen atoms in total. The van der Waals surface area contributed by atoms with E-state index in [4.69, 9.17) is 14.9 Å². The molecule has 0 aliphatic heterocycles. The Bertz CT molecular complexity index is 2570. The number of carbonyl (C=O) groups excluding carboxylic acids is 1. The van der Waals surface area contributed by atoms with Crippen molar-refractivity contribution in [3.8, 4) is 40.0 Å². The zero-order valence-corrected chi connectivity index (χ0v) is 31.2. The van der Waals surface area contributed by atoms with Crippen LogP contribution in [0.1, 0.15) is 68.1 Å². The zero-order valence-electron chi connectivity index (χ0n) is 30.4. The van der Waals surface area contributed by atoms with Crippen molar-refractivity contribution in [2.24, 2.45) is 5.41 Å². The van der Waals surface area contributed by atoms with Crippen molar-refractivity contribution in [2.45, 2.75) is 46.5 Å². The van der Waals surface area contributed by atoms with Crippen LogP contribution < -0.4 is 14.8 Å². The largest absolute Gasteiger partial charge is 0.455 e. The molecular weight excluding hydrogens is 683 g/mol. The molecule has 10 heteroatoms. The van der Waals surface area contributed by atoms with Crippen LogP contribution in [0.5, 0.6) is 11.5 Å². The Labute approximate surface area is 309 Å². The summed E-state index contributed by atoms with van der Waals surface area (Å²) in [5, 5.41) is 22.8. The number of para-hydroxylation sites is 1. The molecule has 0 unspecified atom stereocenters. The minimum atomic E-state index is -3.65. The first-order chi connectivity index (χ1) is 25.1. The first-order valence-electron chi connectivity index (χ1n) is 17.3. The highest BCUT2D eigenvalue weighted by Gasteiger charge is 2.34. The molecule has 0 saturated heterocycles. The number of aromatic nitrogens is 2. The Morgan fingerprint density at radius 3 is 2.06 bits per heavy atom. The van der Waals surface area contributed by atoms with Crippen LogP contribution >= 0.6 is 0 Å². The van der Waals surface area contributed by atoms with Crippen molar-refractivity contribution in [3.63, 3.8) is 0 Å². The molecule has 0 atom stereocenters. The highest BCUT2D eigenvalue weighted by atomic mass is 32.2. The molecule has 0 saturated carbocycles.